The SMILES string of the molecule is C/C=C\C(C)(C(=O)OC12CC3CC(OC4CCCCO4)(C1)CC(OC1CCCCO1)(C3)C2)C(C)C. The quantitative estimate of drug-likeness (QED) is 0.304. The molecule has 2 aliphatic heterocycles. The highest BCUT2D eigenvalue weighted by Gasteiger charge is 2.67. The molecule has 35 heavy (non-hydrogen) atoms. The molecule has 6 rings (SSSR count). The summed E-state index contributed by atoms with van der Waals surface area (Å²) < 4.78 is 32.4. The molecule has 6 heteroatoms. The lowest BCUT2D eigenvalue weighted by molar-refractivity contribution is -0.343. The molecular formula is C29H46O6. The maximum Gasteiger partial charge on any atom is 0.316 e. The van der Waals surface area contributed by atoms with Crippen LogP contribution in [0.15, 0.2) is 12.2 Å². The Bertz CT molecular complexity index is 759. The molecule has 5 unspecified atom stereocenters. The van der Waals surface area contributed by atoms with Gasteiger partial charge in [0.2, 0.25) is 0 Å². The summed E-state index contributed by atoms with van der Waals surface area (Å²) in [6.07, 6.45) is 15.2. The van der Waals surface area contributed by atoms with Gasteiger partial charge in [-0.25, -0.2) is 0 Å². The lowest BCUT2D eigenvalue weighted by Gasteiger charge is -2.65. The van der Waals surface area contributed by atoms with Gasteiger partial charge in [0.25, 0.3) is 0 Å². The van der Waals surface area contributed by atoms with Crippen LogP contribution in [0.1, 0.15) is 105 Å². The highest BCUT2D eigenvalue weighted by molar-refractivity contribution is 5.79. The maximum absolute atomic E-state index is 13.8. The van der Waals surface area contributed by atoms with E-state index < -0.39 is 11.0 Å². The third-order valence-electron chi connectivity index (χ3n) is 9.42. The van der Waals surface area contributed by atoms with Crippen LogP contribution < -0.4 is 0 Å². The normalized spacial score (nSPS) is 42.9. The van der Waals surface area contributed by atoms with E-state index in [2.05, 4.69) is 13.8 Å². The van der Waals surface area contributed by atoms with E-state index in [1.807, 2.05) is 26.0 Å². The number of hydrogen-bond donors (Lipinski definition) is 0. The van der Waals surface area contributed by atoms with Crippen molar-refractivity contribution in [3.05, 3.63) is 12.2 Å². The zero-order chi connectivity index (χ0) is 24.7. The standard InChI is InChI=1S/C29H46O6/c1-5-12-26(4,21(2)3)25(30)35-29-17-22-15-27(19-29,33-23-10-6-8-13-31-23)18-28(16-22,20-29)34-24-11-7-9-14-32-24/h5,12,21-24H,6-11,13-20H2,1-4H3/b12-5-. The topological polar surface area (TPSA) is 63.2 Å². The Balaban J connectivity index is 1.43. The van der Waals surface area contributed by atoms with Crippen LogP contribution in [-0.2, 0) is 28.5 Å². The van der Waals surface area contributed by atoms with Gasteiger partial charge in [-0.05, 0) is 83.5 Å². The molecule has 2 saturated heterocycles. The molecule has 0 amide bonds. The minimum Gasteiger partial charge on any atom is -0.458 e. The van der Waals surface area contributed by atoms with Crippen LogP contribution in [0.5, 0.6) is 0 Å². The van der Waals surface area contributed by atoms with E-state index in [9.17, 15) is 4.79 Å². The van der Waals surface area contributed by atoms with E-state index in [4.69, 9.17) is 23.7 Å². The van der Waals surface area contributed by atoms with Crippen LogP contribution in [0.3, 0.4) is 0 Å². The average molecular weight is 491 g/mol. The average Bonchev–Trinajstić information content (AvgIpc) is 2.78. The Morgan fingerprint density at radius 2 is 1.40 bits per heavy atom. The summed E-state index contributed by atoms with van der Waals surface area (Å²) in [7, 11) is 0. The predicted molar refractivity (Wildman–Crippen MR) is 133 cm³/mol. The Hall–Kier alpha value is -0.950. The first-order valence-corrected chi connectivity index (χ1v) is 14.2. The van der Waals surface area contributed by atoms with Crippen LogP contribution in [-0.4, -0.2) is 48.6 Å². The van der Waals surface area contributed by atoms with Gasteiger partial charge >= 0.3 is 5.97 Å². The maximum atomic E-state index is 13.8. The summed E-state index contributed by atoms with van der Waals surface area (Å²) in [5.74, 6) is 0.431. The molecule has 6 nitrogen and oxygen atoms in total. The largest absolute Gasteiger partial charge is 0.458 e. The molecule has 5 atom stereocenters. The summed E-state index contributed by atoms with van der Waals surface area (Å²) in [5.41, 5.74) is -1.95. The van der Waals surface area contributed by atoms with Crippen LogP contribution in [0.4, 0.5) is 0 Å². The number of rotatable bonds is 8. The number of carbonyl (C=O) groups is 1. The van der Waals surface area contributed by atoms with E-state index >= 15 is 0 Å². The van der Waals surface area contributed by atoms with Crippen LogP contribution in [0, 0.1) is 17.3 Å². The fraction of sp³-hybridized carbons (Fsp3) is 0.897. The molecule has 0 N–H and O–H groups in total. The highest BCUT2D eigenvalue weighted by atomic mass is 16.7. The first-order chi connectivity index (χ1) is 16.7. The van der Waals surface area contributed by atoms with Crippen molar-refractivity contribution in [1.82, 2.24) is 0 Å². The molecule has 6 fully saturated rings. The van der Waals surface area contributed by atoms with Crippen molar-refractivity contribution in [3.63, 3.8) is 0 Å². The fourth-order valence-electron chi connectivity index (χ4n) is 7.87. The molecule has 0 aromatic carbocycles. The lowest BCUT2D eigenvalue weighted by Crippen LogP contribution is -2.69. The first-order valence-electron chi connectivity index (χ1n) is 14.2. The first kappa shape index (κ1) is 25.7. The highest BCUT2D eigenvalue weighted by Crippen LogP contribution is 2.64. The molecule has 0 spiro atoms. The fourth-order valence-corrected chi connectivity index (χ4v) is 7.87. The van der Waals surface area contributed by atoms with Gasteiger partial charge in [0.1, 0.15) is 5.60 Å². The second kappa shape index (κ2) is 9.74. The van der Waals surface area contributed by atoms with Gasteiger partial charge in [0.15, 0.2) is 12.6 Å². The monoisotopic (exact) mass is 490 g/mol. The van der Waals surface area contributed by atoms with Crippen molar-refractivity contribution in [3.8, 4) is 0 Å². The number of hydrogen-bond acceptors (Lipinski definition) is 6. The molecule has 0 aromatic heterocycles. The number of carbonyl (C=O) groups excluding carboxylic acids is 1. The van der Waals surface area contributed by atoms with Crippen LogP contribution in [0.25, 0.3) is 0 Å². The summed E-state index contributed by atoms with van der Waals surface area (Å²) in [6, 6.07) is 0. The van der Waals surface area contributed by atoms with Crippen molar-refractivity contribution >= 4 is 5.97 Å². The predicted octanol–water partition coefficient (Wildman–Crippen LogP) is 6.07. The molecule has 0 aromatic rings. The minimum atomic E-state index is -0.654. The Kier molecular flexibility index (Phi) is 7.15. The zero-order valence-electron chi connectivity index (χ0n) is 22.3. The molecule has 4 saturated carbocycles. The van der Waals surface area contributed by atoms with Crippen molar-refractivity contribution in [2.45, 2.75) is 134 Å². The van der Waals surface area contributed by atoms with Gasteiger partial charge in [0.05, 0.1) is 16.6 Å². The Morgan fingerprint density at radius 3 is 1.86 bits per heavy atom. The van der Waals surface area contributed by atoms with Gasteiger partial charge in [-0.3, -0.25) is 4.79 Å². The molecule has 0 radical (unpaired) electrons. The van der Waals surface area contributed by atoms with E-state index in [0.717, 1.165) is 90.3 Å². The smallest absolute Gasteiger partial charge is 0.316 e. The van der Waals surface area contributed by atoms with Gasteiger partial charge in [-0.2, -0.15) is 0 Å². The Labute approximate surface area is 211 Å². The van der Waals surface area contributed by atoms with E-state index in [0.29, 0.717) is 5.92 Å². The van der Waals surface area contributed by atoms with E-state index in [1.165, 1.54) is 0 Å². The van der Waals surface area contributed by atoms with Gasteiger partial charge in [0, 0.05) is 32.5 Å². The molecule has 198 valence electrons. The number of allylic oxidation sites excluding steroid dienone is 1. The molecule has 6 aliphatic rings. The second-order valence-corrected chi connectivity index (χ2v) is 12.7. The third kappa shape index (κ3) is 5.10. The van der Waals surface area contributed by atoms with Crippen molar-refractivity contribution in [1.29, 1.82) is 0 Å². The minimum absolute atomic E-state index is 0.124. The zero-order valence-corrected chi connectivity index (χ0v) is 22.3. The van der Waals surface area contributed by atoms with E-state index in [1.54, 1.807) is 0 Å². The second-order valence-electron chi connectivity index (χ2n) is 12.7. The van der Waals surface area contributed by atoms with Crippen molar-refractivity contribution < 1.29 is 28.5 Å². The summed E-state index contributed by atoms with van der Waals surface area (Å²) in [6.45, 7) is 9.69. The van der Waals surface area contributed by atoms with E-state index in [-0.39, 0.29) is 35.7 Å². The van der Waals surface area contributed by atoms with Gasteiger partial charge in [-0.1, -0.05) is 26.0 Å². The van der Waals surface area contributed by atoms with Crippen molar-refractivity contribution in [2.24, 2.45) is 17.3 Å². The number of ether oxygens (including phenoxy) is 5. The molecule has 4 aliphatic carbocycles. The molecular weight excluding hydrogens is 444 g/mol. The summed E-state index contributed by atoms with van der Waals surface area (Å²) in [4.78, 5) is 13.8. The molecule has 4 bridgehead atoms. The molecule has 2 heterocycles. The lowest BCUT2D eigenvalue weighted by atomic mass is 9.50. The third-order valence-corrected chi connectivity index (χ3v) is 9.42. The van der Waals surface area contributed by atoms with Gasteiger partial charge < -0.3 is 23.7 Å². The summed E-state index contributed by atoms with van der Waals surface area (Å²) >= 11 is 0. The Morgan fingerprint density at radius 1 is 0.886 bits per heavy atom. The van der Waals surface area contributed by atoms with Gasteiger partial charge in [-0.15, -0.1) is 0 Å². The van der Waals surface area contributed by atoms with Crippen LogP contribution >= 0.6 is 0 Å². The summed E-state index contributed by atoms with van der Waals surface area (Å²) in [5, 5.41) is 0. The number of esters is 1. The van der Waals surface area contributed by atoms with Crippen molar-refractivity contribution in [2.75, 3.05) is 13.2 Å². The van der Waals surface area contributed by atoms with Crippen LogP contribution in [0.2, 0.25) is 0 Å².